The number of hydrogen-bond donors (Lipinski definition) is 5. The van der Waals surface area contributed by atoms with E-state index in [-0.39, 0.29) is 44.6 Å². The van der Waals surface area contributed by atoms with Gasteiger partial charge in [0, 0.05) is 43.9 Å². The molecule has 18 atom stereocenters. The molecule has 0 aromatic heterocycles. The van der Waals surface area contributed by atoms with E-state index in [0.29, 0.717) is 18.7 Å². The molecule has 0 bridgehead atoms. The minimum absolute atomic E-state index is 0.00199. The van der Waals surface area contributed by atoms with Crippen LogP contribution in [0.4, 0.5) is 0 Å². The average Bonchev–Trinajstić information content (AvgIpc) is 3.14. The summed E-state index contributed by atoms with van der Waals surface area (Å²) in [7, 11) is 5.23. The molecule has 3 fully saturated rings. The lowest BCUT2D eigenvalue weighted by Gasteiger charge is -2.49. The SMILES string of the molecule is CCOCCO/N=C1\[C@H](C)C[C@@](C)(O)C(O[C@@H]2O[C@H](C)C[C@H](N(C)C)[C@H]2O)[C@@H](C)[C@H](O[C@H]2C[C@@](C)(OC)[C@@H](O)[C@H](C)O2)[C@@H](C)C(=O)O[C@H](CC)[C@@](C)(O)[C@H](O)[C@H]1C. The first-order valence-electron chi connectivity index (χ1n) is 20.8. The Balaban J connectivity index is 2.23. The molecule has 16 nitrogen and oxygen atoms in total. The van der Waals surface area contributed by atoms with Crippen molar-refractivity contribution in [1.29, 1.82) is 0 Å². The van der Waals surface area contributed by atoms with Crippen molar-refractivity contribution in [3.63, 3.8) is 0 Å². The topological polar surface area (TPSA) is 208 Å². The van der Waals surface area contributed by atoms with Crippen molar-refractivity contribution in [1.82, 2.24) is 4.90 Å². The highest BCUT2D eigenvalue weighted by atomic mass is 16.7. The van der Waals surface area contributed by atoms with Gasteiger partial charge in [0.1, 0.15) is 30.5 Å². The second-order valence-corrected chi connectivity index (χ2v) is 17.6. The van der Waals surface area contributed by atoms with Gasteiger partial charge in [-0.05, 0) is 81.8 Å². The van der Waals surface area contributed by atoms with E-state index in [0.717, 1.165) is 0 Å². The lowest BCUT2D eigenvalue weighted by molar-refractivity contribution is -0.317. The third-order valence-electron chi connectivity index (χ3n) is 12.6. The van der Waals surface area contributed by atoms with Crippen LogP contribution in [0.25, 0.3) is 0 Å². The number of aliphatic hydroxyl groups excluding tert-OH is 3. The number of hydrogen-bond acceptors (Lipinski definition) is 16. The predicted octanol–water partition coefficient (Wildman–Crippen LogP) is 2.63. The highest BCUT2D eigenvalue weighted by Gasteiger charge is 2.53. The van der Waals surface area contributed by atoms with E-state index in [4.69, 9.17) is 38.0 Å². The summed E-state index contributed by atoms with van der Waals surface area (Å²) in [6.07, 6.45) is -9.29. The Labute approximate surface area is 340 Å². The molecule has 16 heteroatoms. The van der Waals surface area contributed by atoms with Gasteiger partial charge in [-0.25, -0.2) is 0 Å². The number of methoxy groups -OCH3 is 1. The van der Waals surface area contributed by atoms with Gasteiger partial charge in [-0.1, -0.05) is 32.9 Å². The quantitative estimate of drug-likeness (QED) is 0.109. The molecule has 0 spiro atoms. The van der Waals surface area contributed by atoms with Crippen molar-refractivity contribution < 1.29 is 68.3 Å². The van der Waals surface area contributed by atoms with Crippen LogP contribution in [0.3, 0.4) is 0 Å². The Morgan fingerprint density at radius 2 is 1.54 bits per heavy atom. The van der Waals surface area contributed by atoms with Gasteiger partial charge in [-0.2, -0.15) is 0 Å². The van der Waals surface area contributed by atoms with E-state index in [1.807, 2.05) is 39.8 Å². The number of carbonyl (C=O) groups excluding carboxylic acids is 1. The molecule has 3 aliphatic rings. The summed E-state index contributed by atoms with van der Waals surface area (Å²) < 4.78 is 43.1. The number of ether oxygens (including phenoxy) is 7. The Morgan fingerprint density at radius 1 is 0.895 bits per heavy atom. The maximum Gasteiger partial charge on any atom is 0.311 e. The van der Waals surface area contributed by atoms with Crippen LogP contribution < -0.4 is 0 Å². The molecule has 3 heterocycles. The molecule has 0 amide bonds. The largest absolute Gasteiger partial charge is 0.459 e. The number of aliphatic hydroxyl groups is 5. The second kappa shape index (κ2) is 20.8. The summed E-state index contributed by atoms with van der Waals surface area (Å²) in [6.45, 7) is 19.8. The average molecular weight is 821 g/mol. The number of likely N-dealkylation sites (N-methyl/N-ethyl adjacent to an activating group) is 1. The van der Waals surface area contributed by atoms with Gasteiger partial charge >= 0.3 is 5.97 Å². The van der Waals surface area contributed by atoms with Crippen LogP contribution >= 0.6 is 0 Å². The first-order chi connectivity index (χ1) is 26.5. The molecule has 57 heavy (non-hydrogen) atoms. The van der Waals surface area contributed by atoms with E-state index in [9.17, 15) is 30.3 Å². The Hall–Kier alpha value is -1.54. The zero-order chi connectivity index (χ0) is 43.2. The van der Waals surface area contributed by atoms with E-state index < -0.39 is 102 Å². The molecule has 5 N–H and O–H groups in total. The number of oxime groups is 1. The van der Waals surface area contributed by atoms with Crippen LogP contribution in [-0.4, -0.2) is 167 Å². The highest BCUT2D eigenvalue weighted by molar-refractivity contribution is 5.88. The van der Waals surface area contributed by atoms with Crippen molar-refractivity contribution in [3.8, 4) is 0 Å². The number of rotatable bonds is 12. The molecule has 334 valence electrons. The minimum Gasteiger partial charge on any atom is -0.459 e. The van der Waals surface area contributed by atoms with Crippen LogP contribution in [0.2, 0.25) is 0 Å². The predicted molar refractivity (Wildman–Crippen MR) is 211 cm³/mol. The molecule has 3 saturated heterocycles. The molecule has 3 aliphatic heterocycles. The van der Waals surface area contributed by atoms with Gasteiger partial charge in [0.15, 0.2) is 12.6 Å². The molecular weight excluding hydrogens is 744 g/mol. The first kappa shape index (κ1) is 49.8. The monoisotopic (exact) mass is 821 g/mol. The fourth-order valence-corrected chi connectivity index (χ4v) is 8.95. The van der Waals surface area contributed by atoms with Crippen molar-refractivity contribution in [2.75, 3.05) is 41.0 Å². The Morgan fingerprint density at radius 3 is 2.12 bits per heavy atom. The van der Waals surface area contributed by atoms with E-state index in [2.05, 4.69) is 5.16 Å². The number of carbonyl (C=O) groups is 1. The fourth-order valence-electron chi connectivity index (χ4n) is 8.95. The molecule has 0 radical (unpaired) electrons. The van der Waals surface area contributed by atoms with Crippen LogP contribution in [0.15, 0.2) is 5.16 Å². The molecule has 3 rings (SSSR count). The van der Waals surface area contributed by atoms with E-state index in [1.54, 1.807) is 48.5 Å². The third-order valence-corrected chi connectivity index (χ3v) is 12.6. The van der Waals surface area contributed by atoms with Crippen molar-refractivity contribution in [3.05, 3.63) is 0 Å². The number of cyclic esters (lactones) is 1. The summed E-state index contributed by atoms with van der Waals surface area (Å²) in [5.74, 6) is -4.02. The Bertz CT molecular complexity index is 1290. The summed E-state index contributed by atoms with van der Waals surface area (Å²) >= 11 is 0. The fraction of sp³-hybridized carbons (Fsp3) is 0.951. The number of esters is 1. The summed E-state index contributed by atoms with van der Waals surface area (Å²) in [5, 5.41) is 63.6. The lowest BCUT2D eigenvalue weighted by Crippen LogP contribution is -2.61. The maximum atomic E-state index is 14.3. The molecule has 0 aliphatic carbocycles. The zero-order valence-corrected chi connectivity index (χ0v) is 36.9. The van der Waals surface area contributed by atoms with Crippen LogP contribution in [-0.2, 0) is 42.8 Å². The van der Waals surface area contributed by atoms with Gasteiger partial charge in [0.05, 0.1) is 60.0 Å². The molecule has 1 unspecified atom stereocenters. The molecule has 0 aromatic rings. The van der Waals surface area contributed by atoms with Crippen LogP contribution in [0.5, 0.6) is 0 Å². The minimum atomic E-state index is -1.94. The van der Waals surface area contributed by atoms with E-state index >= 15 is 0 Å². The summed E-state index contributed by atoms with van der Waals surface area (Å²) in [4.78, 5) is 21.9. The van der Waals surface area contributed by atoms with Crippen LogP contribution in [0, 0.1) is 23.7 Å². The van der Waals surface area contributed by atoms with Gasteiger partial charge in [-0.15, -0.1) is 0 Å². The Kier molecular flexibility index (Phi) is 18.2. The first-order valence-corrected chi connectivity index (χ1v) is 20.8. The van der Waals surface area contributed by atoms with Gasteiger partial charge < -0.3 is 68.4 Å². The normalized spacial score (nSPS) is 46.4. The smallest absolute Gasteiger partial charge is 0.311 e. The third kappa shape index (κ3) is 11.9. The second-order valence-electron chi connectivity index (χ2n) is 17.6. The maximum absolute atomic E-state index is 14.3. The van der Waals surface area contributed by atoms with Gasteiger partial charge in [0.25, 0.3) is 0 Å². The summed E-state index contributed by atoms with van der Waals surface area (Å²) in [5.41, 5.74) is -4.39. The van der Waals surface area contributed by atoms with Gasteiger partial charge in [-0.3, -0.25) is 4.79 Å². The molecular formula is C41H76N2O14. The molecule has 0 saturated carbocycles. The summed E-state index contributed by atoms with van der Waals surface area (Å²) in [6, 6.07) is -0.318. The van der Waals surface area contributed by atoms with Crippen LogP contribution in [0.1, 0.15) is 102 Å². The zero-order valence-electron chi connectivity index (χ0n) is 36.9. The van der Waals surface area contributed by atoms with Crippen molar-refractivity contribution >= 4 is 11.7 Å². The highest BCUT2D eigenvalue weighted by Crippen LogP contribution is 2.41. The molecule has 0 aromatic carbocycles. The number of nitrogens with zero attached hydrogens (tertiary/aromatic N) is 2. The standard InChI is InChI=1S/C41H76N2O14/c1-15-29-41(11,49)34(45)24(5)31(42-52-18-17-51-16-2)22(3)20-39(9,48)36(57-38-32(44)28(43(12)13)19-23(4)53-38)25(6)33(26(7)37(47)55-29)56-30-21-40(10,50-14)35(46)27(8)54-30/h22-30,32-36,38,44-46,48-49H,15-21H2,1-14H3/b42-31+/t22-,23-,24+,25+,26-,27+,28+,29-,30+,32-,33+,34-,35+,36?,38+,39-,40-,41-/m1/s1. The lowest BCUT2D eigenvalue weighted by atomic mass is 9.73. The van der Waals surface area contributed by atoms with Crippen molar-refractivity contribution in [2.45, 2.75) is 186 Å². The van der Waals surface area contributed by atoms with Gasteiger partial charge in [0.2, 0.25) is 0 Å². The van der Waals surface area contributed by atoms with E-state index in [1.165, 1.54) is 14.0 Å². The van der Waals surface area contributed by atoms with Crippen molar-refractivity contribution in [2.24, 2.45) is 28.8 Å².